The van der Waals surface area contributed by atoms with Crippen LogP contribution in [-0.4, -0.2) is 23.4 Å². The minimum atomic E-state index is -0.569. The molecule has 0 radical (unpaired) electrons. The molecule has 1 saturated heterocycles. The molecular weight excluding hydrogens is 200 g/mol. The average Bonchev–Trinajstić information content (AvgIpc) is 2.29. The molecule has 1 heterocycles. The number of rotatable bonds is 3. The Morgan fingerprint density at radius 1 is 1.38 bits per heavy atom. The molecule has 1 aliphatic heterocycles. The summed E-state index contributed by atoms with van der Waals surface area (Å²) in [5.74, 6) is 0. The van der Waals surface area contributed by atoms with Crippen molar-refractivity contribution in [3.05, 3.63) is 35.9 Å². The van der Waals surface area contributed by atoms with E-state index in [1.165, 1.54) is 5.56 Å². The fourth-order valence-corrected chi connectivity index (χ4v) is 2.40. The number of hydrogen-bond donors (Lipinski definition) is 1. The van der Waals surface area contributed by atoms with Gasteiger partial charge in [-0.15, -0.1) is 0 Å². The fourth-order valence-electron chi connectivity index (χ4n) is 2.40. The Balaban J connectivity index is 2.02. The van der Waals surface area contributed by atoms with Gasteiger partial charge in [-0.2, -0.15) is 0 Å². The highest BCUT2D eigenvalue weighted by Gasteiger charge is 2.34. The molecule has 88 valence electrons. The molecule has 1 aromatic rings. The van der Waals surface area contributed by atoms with Gasteiger partial charge >= 0.3 is 0 Å². The lowest BCUT2D eigenvalue weighted by Crippen LogP contribution is -2.42. The third kappa shape index (κ3) is 2.83. The maximum atomic E-state index is 10.5. The van der Waals surface area contributed by atoms with E-state index in [0.717, 1.165) is 25.7 Å². The van der Waals surface area contributed by atoms with Crippen LogP contribution in [0.5, 0.6) is 0 Å². The minimum Gasteiger partial charge on any atom is -0.389 e. The minimum absolute atomic E-state index is 0.225. The first-order chi connectivity index (χ1) is 7.72. The lowest BCUT2D eigenvalue weighted by molar-refractivity contribution is -0.103. The van der Waals surface area contributed by atoms with Crippen LogP contribution in [0.2, 0.25) is 0 Å². The van der Waals surface area contributed by atoms with Gasteiger partial charge in [0.1, 0.15) is 0 Å². The van der Waals surface area contributed by atoms with Crippen LogP contribution in [0.25, 0.3) is 0 Å². The molecule has 0 spiro atoms. The van der Waals surface area contributed by atoms with Gasteiger partial charge in [0.2, 0.25) is 0 Å². The maximum Gasteiger partial charge on any atom is 0.0734 e. The monoisotopic (exact) mass is 220 g/mol. The second-order valence-corrected chi connectivity index (χ2v) is 4.74. The predicted molar refractivity (Wildman–Crippen MR) is 64.4 cm³/mol. The topological polar surface area (TPSA) is 29.5 Å². The molecule has 2 unspecified atom stereocenters. The van der Waals surface area contributed by atoms with Crippen molar-refractivity contribution in [2.24, 2.45) is 0 Å². The third-order valence-corrected chi connectivity index (χ3v) is 3.36. The molecule has 0 amide bonds. The standard InChI is InChI=1S/C14H20O2/c1-2-13-11-14(15,8-9-16-13)10-12-6-4-3-5-7-12/h3-7,13,15H,2,8-11H2,1H3. The third-order valence-electron chi connectivity index (χ3n) is 3.36. The Kier molecular flexibility index (Phi) is 3.62. The van der Waals surface area contributed by atoms with Gasteiger partial charge in [-0.3, -0.25) is 0 Å². The van der Waals surface area contributed by atoms with E-state index in [1.807, 2.05) is 18.2 Å². The largest absolute Gasteiger partial charge is 0.389 e. The van der Waals surface area contributed by atoms with Crippen molar-refractivity contribution in [2.45, 2.75) is 44.3 Å². The van der Waals surface area contributed by atoms with E-state index in [1.54, 1.807) is 0 Å². The SMILES string of the molecule is CCC1CC(O)(Cc2ccccc2)CCO1. The van der Waals surface area contributed by atoms with Gasteiger partial charge in [0.15, 0.2) is 0 Å². The van der Waals surface area contributed by atoms with E-state index >= 15 is 0 Å². The van der Waals surface area contributed by atoms with Crippen LogP contribution in [0.15, 0.2) is 30.3 Å². The van der Waals surface area contributed by atoms with Crippen LogP contribution in [-0.2, 0) is 11.2 Å². The fraction of sp³-hybridized carbons (Fsp3) is 0.571. The smallest absolute Gasteiger partial charge is 0.0734 e. The van der Waals surface area contributed by atoms with Gasteiger partial charge in [-0.25, -0.2) is 0 Å². The zero-order chi connectivity index (χ0) is 11.4. The highest BCUT2D eigenvalue weighted by Crippen LogP contribution is 2.29. The van der Waals surface area contributed by atoms with Crippen molar-refractivity contribution in [1.82, 2.24) is 0 Å². The van der Waals surface area contributed by atoms with Crippen molar-refractivity contribution in [3.8, 4) is 0 Å². The van der Waals surface area contributed by atoms with E-state index in [-0.39, 0.29) is 6.10 Å². The normalized spacial score (nSPS) is 30.2. The van der Waals surface area contributed by atoms with Crippen LogP contribution in [0.1, 0.15) is 31.7 Å². The van der Waals surface area contributed by atoms with E-state index in [0.29, 0.717) is 6.61 Å². The summed E-state index contributed by atoms with van der Waals surface area (Å²) >= 11 is 0. The second kappa shape index (κ2) is 4.98. The lowest BCUT2D eigenvalue weighted by atomic mass is 9.84. The average molecular weight is 220 g/mol. The molecule has 0 aliphatic carbocycles. The van der Waals surface area contributed by atoms with Gasteiger partial charge < -0.3 is 9.84 Å². The quantitative estimate of drug-likeness (QED) is 0.848. The Morgan fingerprint density at radius 3 is 2.81 bits per heavy atom. The zero-order valence-corrected chi connectivity index (χ0v) is 9.86. The van der Waals surface area contributed by atoms with Crippen LogP contribution >= 0.6 is 0 Å². The Bertz CT molecular complexity index is 323. The van der Waals surface area contributed by atoms with E-state index in [4.69, 9.17) is 4.74 Å². The summed E-state index contributed by atoms with van der Waals surface area (Å²) < 4.78 is 5.60. The number of hydrogen-bond acceptors (Lipinski definition) is 2. The van der Waals surface area contributed by atoms with Gasteiger partial charge in [-0.05, 0) is 18.4 Å². The summed E-state index contributed by atoms with van der Waals surface area (Å²) in [6, 6.07) is 10.2. The molecule has 2 rings (SSSR count). The number of ether oxygens (including phenoxy) is 1. The Hall–Kier alpha value is -0.860. The molecule has 2 heteroatoms. The Labute approximate surface area is 97.3 Å². The molecular formula is C14H20O2. The summed E-state index contributed by atoms with van der Waals surface area (Å²) in [5, 5.41) is 10.5. The summed E-state index contributed by atoms with van der Waals surface area (Å²) in [4.78, 5) is 0. The molecule has 1 fully saturated rings. The van der Waals surface area contributed by atoms with Gasteiger partial charge in [0.25, 0.3) is 0 Å². The van der Waals surface area contributed by atoms with Gasteiger partial charge in [0.05, 0.1) is 11.7 Å². The highest BCUT2D eigenvalue weighted by atomic mass is 16.5. The first-order valence-corrected chi connectivity index (χ1v) is 6.10. The molecule has 1 aliphatic rings. The van der Waals surface area contributed by atoms with Gasteiger partial charge in [0, 0.05) is 19.4 Å². The highest BCUT2D eigenvalue weighted by molar-refractivity contribution is 5.17. The van der Waals surface area contributed by atoms with Crippen molar-refractivity contribution >= 4 is 0 Å². The first kappa shape index (κ1) is 11.6. The Morgan fingerprint density at radius 2 is 2.12 bits per heavy atom. The van der Waals surface area contributed by atoms with E-state index < -0.39 is 5.60 Å². The van der Waals surface area contributed by atoms with E-state index in [2.05, 4.69) is 19.1 Å². The molecule has 2 nitrogen and oxygen atoms in total. The summed E-state index contributed by atoms with van der Waals surface area (Å²) in [7, 11) is 0. The van der Waals surface area contributed by atoms with Crippen LogP contribution < -0.4 is 0 Å². The molecule has 2 atom stereocenters. The molecule has 1 aromatic carbocycles. The maximum absolute atomic E-state index is 10.5. The van der Waals surface area contributed by atoms with E-state index in [9.17, 15) is 5.11 Å². The summed E-state index contributed by atoms with van der Waals surface area (Å²) in [6.45, 7) is 2.79. The van der Waals surface area contributed by atoms with Crippen molar-refractivity contribution in [2.75, 3.05) is 6.61 Å². The van der Waals surface area contributed by atoms with Crippen molar-refractivity contribution in [3.63, 3.8) is 0 Å². The second-order valence-electron chi connectivity index (χ2n) is 4.74. The summed E-state index contributed by atoms with van der Waals surface area (Å²) in [6.07, 6.45) is 3.46. The van der Waals surface area contributed by atoms with Crippen molar-refractivity contribution in [1.29, 1.82) is 0 Å². The predicted octanol–water partition coefficient (Wildman–Crippen LogP) is 2.55. The molecule has 1 N–H and O–H groups in total. The summed E-state index contributed by atoms with van der Waals surface area (Å²) in [5.41, 5.74) is 0.641. The van der Waals surface area contributed by atoms with Gasteiger partial charge in [-0.1, -0.05) is 37.3 Å². The number of benzene rings is 1. The number of aliphatic hydroxyl groups is 1. The molecule has 0 bridgehead atoms. The van der Waals surface area contributed by atoms with Crippen LogP contribution in [0.3, 0.4) is 0 Å². The first-order valence-electron chi connectivity index (χ1n) is 6.10. The van der Waals surface area contributed by atoms with Crippen LogP contribution in [0, 0.1) is 0 Å². The molecule has 16 heavy (non-hydrogen) atoms. The van der Waals surface area contributed by atoms with Crippen molar-refractivity contribution < 1.29 is 9.84 Å². The lowest BCUT2D eigenvalue weighted by Gasteiger charge is -2.36. The molecule has 0 aromatic heterocycles. The van der Waals surface area contributed by atoms with Crippen LogP contribution in [0.4, 0.5) is 0 Å². The zero-order valence-electron chi connectivity index (χ0n) is 9.86. The molecule has 0 saturated carbocycles.